The monoisotopic (exact) mass is 271 g/mol. The number of likely N-dealkylation sites (N-methyl/N-ethyl adjacent to an activating group) is 1. The molecule has 0 aromatic rings. The topological polar surface area (TPSA) is 58.8 Å². The van der Waals surface area contributed by atoms with E-state index in [1.807, 2.05) is 18.7 Å². The number of amides is 1. The highest BCUT2D eigenvalue weighted by molar-refractivity contribution is 5.76. The number of hydrogen-bond acceptors (Lipinski definition) is 4. The number of nitrogens with two attached hydrogens (primary N) is 1. The highest BCUT2D eigenvalue weighted by Crippen LogP contribution is 2.21. The number of rotatable bonds is 7. The summed E-state index contributed by atoms with van der Waals surface area (Å²) in [4.78, 5) is 16.3. The van der Waals surface area contributed by atoms with Gasteiger partial charge in [0.2, 0.25) is 5.91 Å². The standard InChI is InChI=1S/C14H29N3O2/c1-5-17(6-2)14(18)9-12(10-15)16(4)13-7-8-19-11(13)3/h11-13H,5-10,15H2,1-4H3. The van der Waals surface area contributed by atoms with Crippen LogP contribution in [0.4, 0.5) is 0 Å². The summed E-state index contributed by atoms with van der Waals surface area (Å²) in [7, 11) is 2.06. The molecule has 0 aromatic carbocycles. The predicted octanol–water partition coefficient (Wildman–Crippen LogP) is 0.681. The molecule has 1 aliphatic heterocycles. The lowest BCUT2D eigenvalue weighted by Gasteiger charge is -2.34. The minimum Gasteiger partial charge on any atom is -0.377 e. The number of carbonyl (C=O) groups is 1. The zero-order chi connectivity index (χ0) is 14.4. The van der Waals surface area contributed by atoms with E-state index < -0.39 is 0 Å². The Morgan fingerprint density at radius 1 is 1.42 bits per heavy atom. The van der Waals surface area contributed by atoms with Gasteiger partial charge in [-0.05, 0) is 34.2 Å². The molecule has 1 heterocycles. The lowest BCUT2D eigenvalue weighted by Crippen LogP contribution is -2.49. The summed E-state index contributed by atoms with van der Waals surface area (Å²) in [5.41, 5.74) is 5.86. The van der Waals surface area contributed by atoms with E-state index in [1.54, 1.807) is 0 Å². The maximum Gasteiger partial charge on any atom is 0.224 e. The Kier molecular flexibility index (Phi) is 6.75. The first kappa shape index (κ1) is 16.4. The van der Waals surface area contributed by atoms with Gasteiger partial charge in [0.1, 0.15) is 0 Å². The van der Waals surface area contributed by atoms with Crippen molar-refractivity contribution in [1.82, 2.24) is 9.80 Å². The van der Waals surface area contributed by atoms with E-state index in [-0.39, 0.29) is 18.1 Å². The van der Waals surface area contributed by atoms with Crippen LogP contribution in [0.15, 0.2) is 0 Å². The Morgan fingerprint density at radius 2 is 2.05 bits per heavy atom. The van der Waals surface area contributed by atoms with Gasteiger partial charge in [0.15, 0.2) is 0 Å². The molecule has 1 rings (SSSR count). The zero-order valence-electron chi connectivity index (χ0n) is 12.8. The van der Waals surface area contributed by atoms with Crippen LogP contribution in [0.5, 0.6) is 0 Å². The van der Waals surface area contributed by atoms with E-state index in [2.05, 4.69) is 18.9 Å². The van der Waals surface area contributed by atoms with Crippen LogP contribution in [0.25, 0.3) is 0 Å². The minimum absolute atomic E-state index is 0.0993. The third-order valence-electron chi connectivity index (χ3n) is 4.23. The molecule has 1 amide bonds. The lowest BCUT2D eigenvalue weighted by molar-refractivity contribution is -0.132. The van der Waals surface area contributed by atoms with Crippen LogP contribution >= 0.6 is 0 Å². The number of carbonyl (C=O) groups excluding carboxylic acids is 1. The van der Waals surface area contributed by atoms with Gasteiger partial charge in [-0.15, -0.1) is 0 Å². The quantitative estimate of drug-likeness (QED) is 0.740. The van der Waals surface area contributed by atoms with Gasteiger partial charge in [-0.3, -0.25) is 9.69 Å². The smallest absolute Gasteiger partial charge is 0.224 e. The fourth-order valence-corrected chi connectivity index (χ4v) is 2.83. The molecule has 19 heavy (non-hydrogen) atoms. The summed E-state index contributed by atoms with van der Waals surface area (Å²) in [6.07, 6.45) is 1.74. The van der Waals surface area contributed by atoms with Gasteiger partial charge in [0.25, 0.3) is 0 Å². The highest BCUT2D eigenvalue weighted by atomic mass is 16.5. The molecule has 5 heteroatoms. The van der Waals surface area contributed by atoms with Gasteiger partial charge in [-0.2, -0.15) is 0 Å². The molecule has 5 nitrogen and oxygen atoms in total. The molecule has 1 aliphatic rings. The average Bonchev–Trinajstić information content (AvgIpc) is 2.82. The maximum atomic E-state index is 12.2. The van der Waals surface area contributed by atoms with Crippen molar-refractivity contribution >= 4 is 5.91 Å². The van der Waals surface area contributed by atoms with Crippen LogP contribution in [-0.4, -0.2) is 67.2 Å². The van der Waals surface area contributed by atoms with Crippen molar-refractivity contribution in [2.45, 2.75) is 51.8 Å². The van der Waals surface area contributed by atoms with Crippen molar-refractivity contribution in [3.05, 3.63) is 0 Å². The van der Waals surface area contributed by atoms with E-state index in [1.165, 1.54) is 0 Å². The third kappa shape index (κ3) is 4.16. The Hall–Kier alpha value is -0.650. The maximum absolute atomic E-state index is 12.2. The fraction of sp³-hybridized carbons (Fsp3) is 0.929. The van der Waals surface area contributed by atoms with Crippen LogP contribution in [0.2, 0.25) is 0 Å². The molecular weight excluding hydrogens is 242 g/mol. The van der Waals surface area contributed by atoms with Crippen LogP contribution < -0.4 is 5.73 Å². The third-order valence-corrected chi connectivity index (χ3v) is 4.23. The Labute approximate surface area is 117 Å². The van der Waals surface area contributed by atoms with Gasteiger partial charge >= 0.3 is 0 Å². The van der Waals surface area contributed by atoms with E-state index in [0.717, 1.165) is 26.1 Å². The fourth-order valence-electron chi connectivity index (χ4n) is 2.83. The van der Waals surface area contributed by atoms with Crippen LogP contribution in [-0.2, 0) is 9.53 Å². The molecule has 1 fully saturated rings. The predicted molar refractivity (Wildman–Crippen MR) is 77.0 cm³/mol. The second-order valence-corrected chi connectivity index (χ2v) is 5.26. The number of hydrogen-bond donors (Lipinski definition) is 1. The first-order valence-electron chi connectivity index (χ1n) is 7.36. The van der Waals surface area contributed by atoms with Crippen LogP contribution in [0.1, 0.15) is 33.6 Å². The second-order valence-electron chi connectivity index (χ2n) is 5.26. The van der Waals surface area contributed by atoms with Gasteiger partial charge in [0, 0.05) is 44.7 Å². The van der Waals surface area contributed by atoms with Crippen LogP contribution in [0, 0.1) is 0 Å². The van der Waals surface area contributed by atoms with Crippen molar-refractivity contribution in [2.75, 3.05) is 33.3 Å². The van der Waals surface area contributed by atoms with E-state index in [0.29, 0.717) is 19.0 Å². The van der Waals surface area contributed by atoms with Gasteiger partial charge in [0.05, 0.1) is 6.10 Å². The molecule has 0 radical (unpaired) electrons. The Bertz CT molecular complexity index is 282. The first-order valence-corrected chi connectivity index (χ1v) is 7.36. The Morgan fingerprint density at radius 3 is 2.47 bits per heavy atom. The summed E-state index contributed by atoms with van der Waals surface area (Å²) in [5, 5.41) is 0. The van der Waals surface area contributed by atoms with Crippen molar-refractivity contribution in [3.63, 3.8) is 0 Å². The summed E-state index contributed by atoms with van der Waals surface area (Å²) < 4.78 is 5.60. The zero-order valence-corrected chi connectivity index (χ0v) is 12.8. The second kappa shape index (κ2) is 7.82. The number of ether oxygens (including phenoxy) is 1. The van der Waals surface area contributed by atoms with Crippen LogP contribution in [0.3, 0.4) is 0 Å². The minimum atomic E-state index is 0.0993. The van der Waals surface area contributed by atoms with E-state index >= 15 is 0 Å². The van der Waals surface area contributed by atoms with Gasteiger partial charge in [-0.1, -0.05) is 0 Å². The molecule has 0 saturated carbocycles. The van der Waals surface area contributed by atoms with Gasteiger partial charge < -0.3 is 15.4 Å². The summed E-state index contributed by atoms with van der Waals surface area (Å²) in [6.45, 7) is 8.95. The normalized spacial score (nSPS) is 24.7. The van der Waals surface area contributed by atoms with Crippen molar-refractivity contribution in [1.29, 1.82) is 0 Å². The molecule has 0 bridgehead atoms. The lowest BCUT2D eigenvalue weighted by atomic mass is 10.1. The summed E-state index contributed by atoms with van der Waals surface area (Å²) in [5.74, 6) is 0.193. The molecule has 112 valence electrons. The molecule has 0 aliphatic carbocycles. The molecule has 0 spiro atoms. The highest BCUT2D eigenvalue weighted by Gasteiger charge is 2.32. The average molecular weight is 271 g/mol. The van der Waals surface area contributed by atoms with Crippen molar-refractivity contribution in [2.24, 2.45) is 5.73 Å². The molecule has 0 aromatic heterocycles. The molecule has 3 atom stereocenters. The van der Waals surface area contributed by atoms with Crippen molar-refractivity contribution < 1.29 is 9.53 Å². The molecular formula is C14H29N3O2. The molecule has 3 unspecified atom stereocenters. The summed E-state index contributed by atoms with van der Waals surface area (Å²) in [6, 6.07) is 0.473. The van der Waals surface area contributed by atoms with E-state index in [9.17, 15) is 4.79 Å². The SMILES string of the molecule is CCN(CC)C(=O)CC(CN)N(C)C1CCOC1C. The van der Waals surface area contributed by atoms with Crippen molar-refractivity contribution in [3.8, 4) is 0 Å². The summed E-state index contributed by atoms with van der Waals surface area (Å²) >= 11 is 0. The Balaban J connectivity index is 2.59. The van der Waals surface area contributed by atoms with E-state index in [4.69, 9.17) is 10.5 Å². The molecule has 2 N–H and O–H groups in total. The molecule has 1 saturated heterocycles. The van der Waals surface area contributed by atoms with Gasteiger partial charge in [-0.25, -0.2) is 0 Å². The largest absolute Gasteiger partial charge is 0.377 e. The first-order chi connectivity index (χ1) is 9.04. The number of nitrogens with zero attached hydrogens (tertiary/aromatic N) is 2.